The first-order valence-corrected chi connectivity index (χ1v) is 13.0. The normalized spacial score (nSPS) is 23.0. The van der Waals surface area contributed by atoms with Gasteiger partial charge in [0.15, 0.2) is 14.6 Å². The Hall–Kier alpha value is -0.493. The summed E-state index contributed by atoms with van der Waals surface area (Å²) in [4.78, 5) is 11.4. The number of aldehydes is 1. The molecule has 0 aromatic heterocycles. The lowest BCUT2D eigenvalue weighted by molar-refractivity contribution is -0.155. The van der Waals surface area contributed by atoms with E-state index in [0.29, 0.717) is 6.61 Å². The monoisotopic (exact) mass is 384 g/mol. The predicted molar refractivity (Wildman–Crippen MR) is 110 cm³/mol. The minimum Gasteiger partial charge on any atom is -0.413 e. The van der Waals surface area contributed by atoms with Gasteiger partial charge in [0, 0.05) is 12.5 Å². The molecular formula is C21H40O4Si. The van der Waals surface area contributed by atoms with Crippen LogP contribution in [0.4, 0.5) is 0 Å². The molecule has 0 amide bonds. The van der Waals surface area contributed by atoms with Crippen LogP contribution in [0.2, 0.25) is 18.1 Å². The van der Waals surface area contributed by atoms with Crippen LogP contribution in [0.15, 0.2) is 12.2 Å². The van der Waals surface area contributed by atoms with Gasteiger partial charge in [-0.05, 0) is 49.7 Å². The molecule has 1 aliphatic rings. The van der Waals surface area contributed by atoms with Gasteiger partial charge in [-0.2, -0.15) is 0 Å². The van der Waals surface area contributed by atoms with Crippen LogP contribution < -0.4 is 0 Å². The van der Waals surface area contributed by atoms with Gasteiger partial charge >= 0.3 is 0 Å². The molecule has 1 saturated heterocycles. The molecule has 1 fully saturated rings. The molecular weight excluding hydrogens is 344 g/mol. The summed E-state index contributed by atoms with van der Waals surface area (Å²) in [5.74, 6) is 0.186. The molecule has 4 atom stereocenters. The van der Waals surface area contributed by atoms with Crippen LogP contribution in [0, 0.1) is 11.8 Å². The largest absolute Gasteiger partial charge is 0.413 e. The summed E-state index contributed by atoms with van der Waals surface area (Å²) >= 11 is 0. The lowest BCUT2D eigenvalue weighted by Gasteiger charge is -2.42. The zero-order chi connectivity index (χ0) is 19.8. The van der Waals surface area contributed by atoms with E-state index in [1.165, 1.54) is 6.42 Å². The summed E-state index contributed by atoms with van der Waals surface area (Å²) < 4.78 is 17.9. The number of ether oxygens (including phenoxy) is 2. The lowest BCUT2D eigenvalue weighted by atomic mass is 9.92. The number of carbonyl (C=O) groups excluding carboxylic acids is 1. The van der Waals surface area contributed by atoms with Crippen LogP contribution in [0.3, 0.4) is 0 Å². The Morgan fingerprint density at radius 2 is 1.88 bits per heavy atom. The van der Waals surface area contributed by atoms with E-state index < -0.39 is 8.32 Å². The van der Waals surface area contributed by atoms with Crippen molar-refractivity contribution in [3.8, 4) is 0 Å². The standard InChI is InChI=1S/C21H40O4Si/c1-17(12-8-10-14-23-19-13-9-11-15-24-19)20(18(2)16-22)25-26(6,7)21(3,4)5/h8,10,16-20H,9,11-15H2,1-7H3/b10-8+/t17-,18-,19?,20-/m1/s1. The first kappa shape index (κ1) is 23.5. The van der Waals surface area contributed by atoms with Gasteiger partial charge in [0.05, 0.1) is 12.7 Å². The van der Waals surface area contributed by atoms with E-state index in [1.807, 2.05) is 6.92 Å². The average Bonchev–Trinajstić information content (AvgIpc) is 2.58. The van der Waals surface area contributed by atoms with Crippen molar-refractivity contribution < 1.29 is 18.7 Å². The lowest BCUT2D eigenvalue weighted by Crippen LogP contribution is -2.47. The van der Waals surface area contributed by atoms with Gasteiger partial charge < -0.3 is 18.7 Å². The highest BCUT2D eigenvalue weighted by atomic mass is 28.4. The van der Waals surface area contributed by atoms with E-state index in [4.69, 9.17) is 13.9 Å². The maximum Gasteiger partial charge on any atom is 0.192 e. The predicted octanol–water partition coefficient (Wildman–Crippen LogP) is 5.34. The van der Waals surface area contributed by atoms with Crippen LogP contribution in [-0.4, -0.2) is 40.2 Å². The minimum absolute atomic E-state index is 0.0411. The van der Waals surface area contributed by atoms with Gasteiger partial charge in [0.25, 0.3) is 0 Å². The van der Waals surface area contributed by atoms with Gasteiger partial charge in [-0.25, -0.2) is 0 Å². The summed E-state index contributed by atoms with van der Waals surface area (Å²) in [5.41, 5.74) is 0. The van der Waals surface area contributed by atoms with Crippen molar-refractivity contribution in [3.63, 3.8) is 0 Å². The summed E-state index contributed by atoms with van der Waals surface area (Å²) in [5, 5.41) is 0.136. The van der Waals surface area contributed by atoms with Crippen molar-refractivity contribution in [2.24, 2.45) is 11.8 Å². The van der Waals surface area contributed by atoms with Crippen LogP contribution in [-0.2, 0) is 18.7 Å². The quantitative estimate of drug-likeness (QED) is 0.290. The van der Waals surface area contributed by atoms with Crippen molar-refractivity contribution in [2.75, 3.05) is 13.2 Å². The van der Waals surface area contributed by atoms with Crippen molar-refractivity contribution in [1.29, 1.82) is 0 Å². The maximum atomic E-state index is 11.4. The van der Waals surface area contributed by atoms with E-state index in [-0.39, 0.29) is 29.3 Å². The third-order valence-electron chi connectivity index (χ3n) is 5.72. The molecule has 1 unspecified atom stereocenters. The Kier molecular flexibility index (Phi) is 9.73. The van der Waals surface area contributed by atoms with E-state index >= 15 is 0 Å². The zero-order valence-corrected chi connectivity index (χ0v) is 18.9. The maximum absolute atomic E-state index is 11.4. The number of rotatable bonds is 10. The topological polar surface area (TPSA) is 44.8 Å². The van der Waals surface area contributed by atoms with Gasteiger partial charge in [-0.15, -0.1) is 0 Å². The number of allylic oxidation sites excluding steroid dienone is 1. The Balaban J connectivity index is 2.53. The number of hydrogen-bond acceptors (Lipinski definition) is 4. The van der Waals surface area contributed by atoms with E-state index in [0.717, 1.165) is 32.2 Å². The second kappa shape index (κ2) is 10.7. The summed E-state index contributed by atoms with van der Waals surface area (Å²) in [6.45, 7) is 16.7. The molecule has 0 saturated carbocycles. The third kappa shape index (κ3) is 7.63. The van der Waals surface area contributed by atoms with Crippen LogP contribution in [0.1, 0.15) is 60.3 Å². The van der Waals surface area contributed by atoms with Gasteiger partial charge in [-0.3, -0.25) is 0 Å². The molecule has 0 spiro atoms. The SMILES string of the molecule is C[C@H](C=O)[C@H](O[Si](C)(C)C(C)(C)C)[C@H](C)C/C=C/COC1CCCCO1. The molecule has 26 heavy (non-hydrogen) atoms. The van der Waals surface area contributed by atoms with Crippen LogP contribution in [0.25, 0.3) is 0 Å². The fourth-order valence-electron chi connectivity index (χ4n) is 2.85. The molecule has 4 nitrogen and oxygen atoms in total. The fraction of sp³-hybridized carbons (Fsp3) is 0.857. The van der Waals surface area contributed by atoms with Crippen molar-refractivity contribution in [2.45, 2.75) is 90.8 Å². The third-order valence-corrected chi connectivity index (χ3v) is 10.2. The Morgan fingerprint density at radius 3 is 2.42 bits per heavy atom. The van der Waals surface area contributed by atoms with Gasteiger partial charge in [-0.1, -0.05) is 46.8 Å². The fourth-order valence-corrected chi connectivity index (χ4v) is 4.34. The molecule has 5 heteroatoms. The van der Waals surface area contributed by atoms with Crippen LogP contribution in [0.5, 0.6) is 0 Å². The Morgan fingerprint density at radius 1 is 1.19 bits per heavy atom. The summed E-state index contributed by atoms with van der Waals surface area (Å²) in [7, 11) is -1.91. The zero-order valence-electron chi connectivity index (χ0n) is 17.9. The molecule has 0 radical (unpaired) electrons. The molecule has 1 rings (SSSR count). The Bertz CT molecular complexity index is 436. The molecule has 0 aliphatic carbocycles. The highest BCUT2D eigenvalue weighted by Crippen LogP contribution is 2.39. The highest BCUT2D eigenvalue weighted by molar-refractivity contribution is 6.74. The molecule has 152 valence electrons. The first-order chi connectivity index (χ1) is 12.1. The molecule has 0 aromatic rings. The highest BCUT2D eigenvalue weighted by Gasteiger charge is 2.41. The van der Waals surface area contributed by atoms with Crippen molar-refractivity contribution in [3.05, 3.63) is 12.2 Å². The van der Waals surface area contributed by atoms with Crippen molar-refractivity contribution >= 4 is 14.6 Å². The van der Waals surface area contributed by atoms with E-state index in [2.05, 4.69) is 52.9 Å². The molecule has 1 heterocycles. The summed E-state index contributed by atoms with van der Waals surface area (Å²) in [6, 6.07) is 0. The number of hydrogen-bond donors (Lipinski definition) is 0. The molecule has 0 N–H and O–H groups in total. The minimum atomic E-state index is -1.91. The number of carbonyl (C=O) groups is 1. The van der Waals surface area contributed by atoms with Crippen LogP contribution >= 0.6 is 0 Å². The smallest absolute Gasteiger partial charge is 0.192 e. The second-order valence-corrected chi connectivity index (χ2v) is 13.9. The summed E-state index contributed by atoms with van der Waals surface area (Å²) in [6.07, 6.45) is 9.34. The van der Waals surface area contributed by atoms with Gasteiger partial charge in [0.2, 0.25) is 0 Å². The van der Waals surface area contributed by atoms with Crippen molar-refractivity contribution in [1.82, 2.24) is 0 Å². The second-order valence-electron chi connectivity index (χ2n) is 9.15. The first-order valence-electron chi connectivity index (χ1n) is 10.1. The molecule has 0 aromatic carbocycles. The molecule has 1 aliphatic heterocycles. The van der Waals surface area contributed by atoms with Gasteiger partial charge in [0.1, 0.15) is 6.29 Å². The average molecular weight is 385 g/mol. The Labute approximate surface area is 161 Å². The molecule has 0 bridgehead atoms. The van der Waals surface area contributed by atoms with E-state index in [1.54, 1.807) is 0 Å². The van der Waals surface area contributed by atoms with E-state index in [9.17, 15) is 4.79 Å².